The Labute approximate surface area is 85.3 Å². The molecule has 1 aromatic carbocycles. The van der Waals surface area contributed by atoms with Crippen LogP contribution in [-0.4, -0.2) is 20.1 Å². The monoisotopic (exact) mass is 214 g/mol. The summed E-state index contributed by atoms with van der Waals surface area (Å²) in [5, 5.41) is 0. The first-order valence-electron chi connectivity index (χ1n) is 3.99. The molecule has 1 aromatic rings. The van der Waals surface area contributed by atoms with Crippen molar-refractivity contribution in [3.8, 4) is 0 Å². The second kappa shape index (κ2) is 5.06. The number of rotatable bonds is 4. The number of nitrogens with two attached hydrogens (primary N) is 1. The maximum atomic E-state index is 10.5. The van der Waals surface area contributed by atoms with E-state index in [1.54, 1.807) is 12.1 Å². The van der Waals surface area contributed by atoms with Crippen molar-refractivity contribution in [2.45, 2.75) is 6.54 Å². The van der Waals surface area contributed by atoms with Gasteiger partial charge in [0.2, 0.25) is 0 Å². The lowest BCUT2D eigenvalue weighted by molar-refractivity contribution is 0.430. The summed E-state index contributed by atoms with van der Waals surface area (Å²) in [4.78, 5) is 0. The van der Waals surface area contributed by atoms with Crippen LogP contribution in [-0.2, 0) is 17.8 Å². The largest absolute Gasteiger partial charge is 0.760 e. The van der Waals surface area contributed by atoms with E-state index >= 15 is 0 Å². The van der Waals surface area contributed by atoms with Gasteiger partial charge in [-0.1, -0.05) is 12.1 Å². The predicted octanol–water partition coefficient (Wildman–Crippen LogP) is 0.198. The molecule has 0 aliphatic heterocycles. The molecule has 78 valence electrons. The Morgan fingerprint density at radius 1 is 1.50 bits per heavy atom. The molecule has 0 radical (unpaired) electrons. The number of benzene rings is 1. The van der Waals surface area contributed by atoms with Gasteiger partial charge < -0.3 is 9.98 Å². The standard InChI is InChI=1S/C8H13N3O2S/c1-11(14(12)13)6-7-2-4-8(10-9)5-3-7/h2-5,10H,6,9H2,1H3,(H,12,13)/p-1. The van der Waals surface area contributed by atoms with Crippen molar-refractivity contribution in [2.24, 2.45) is 5.84 Å². The Hall–Kier alpha value is -0.950. The number of nitrogens with zero attached hydrogens (tertiary/aromatic N) is 1. The average molecular weight is 214 g/mol. The summed E-state index contributed by atoms with van der Waals surface area (Å²) in [7, 11) is 1.51. The zero-order valence-electron chi connectivity index (χ0n) is 7.77. The van der Waals surface area contributed by atoms with Gasteiger partial charge in [0.25, 0.3) is 0 Å². The van der Waals surface area contributed by atoms with E-state index in [1.807, 2.05) is 12.1 Å². The summed E-state index contributed by atoms with van der Waals surface area (Å²) in [5.41, 5.74) is 4.20. The van der Waals surface area contributed by atoms with Crippen molar-refractivity contribution < 1.29 is 8.76 Å². The number of nitrogens with one attached hydrogen (secondary N) is 1. The smallest absolute Gasteiger partial charge is 0.0485 e. The molecule has 0 amide bonds. The minimum atomic E-state index is -2.17. The van der Waals surface area contributed by atoms with Crippen molar-refractivity contribution in [1.82, 2.24) is 4.31 Å². The number of hydrogen-bond acceptors (Lipinski definition) is 4. The third-order valence-corrected chi connectivity index (χ3v) is 2.42. The van der Waals surface area contributed by atoms with E-state index in [4.69, 9.17) is 5.84 Å². The highest BCUT2D eigenvalue weighted by Gasteiger charge is 1.99. The Kier molecular flexibility index (Phi) is 4.02. The van der Waals surface area contributed by atoms with Gasteiger partial charge in [0.05, 0.1) is 0 Å². The van der Waals surface area contributed by atoms with Crippen LogP contribution >= 0.6 is 0 Å². The molecule has 0 spiro atoms. The SMILES string of the molecule is CN(Cc1ccc(NN)cc1)S(=O)[O-]. The molecule has 0 saturated carbocycles. The second-order valence-corrected chi connectivity index (χ2v) is 3.90. The molecule has 0 aromatic heterocycles. The Morgan fingerprint density at radius 2 is 2.07 bits per heavy atom. The molecule has 3 N–H and O–H groups in total. The normalized spacial score (nSPS) is 12.9. The van der Waals surface area contributed by atoms with E-state index in [-0.39, 0.29) is 0 Å². The number of anilines is 1. The highest BCUT2D eigenvalue weighted by molar-refractivity contribution is 7.76. The first-order chi connectivity index (χ1) is 6.63. The van der Waals surface area contributed by atoms with Crippen molar-refractivity contribution in [1.29, 1.82) is 0 Å². The topological polar surface area (TPSA) is 81.4 Å². The molecule has 0 heterocycles. The first-order valence-corrected chi connectivity index (χ1v) is 5.02. The average Bonchev–Trinajstić information content (AvgIpc) is 2.19. The Bertz CT molecular complexity index is 315. The molecule has 1 rings (SSSR count). The highest BCUT2D eigenvalue weighted by atomic mass is 32.2. The van der Waals surface area contributed by atoms with Crippen molar-refractivity contribution in [3.05, 3.63) is 29.8 Å². The Balaban J connectivity index is 2.64. The van der Waals surface area contributed by atoms with E-state index in [0.29, 0.717) is 6.54 Å². The minimum absolute atomic E-state index is 0.362. The van der Waals surface area contributed by atoms with E-state index < -0.39 is 11.3 Å². The molecule has 0 bridgehead atoms. The van der Waals surface area contributed by atoms with Gasteiger partial charge in [0, 0.05) is 23.5 Å². The first kappa shape index (κ1) is 11.1. The molecule has 5 nitrogen and oxygen atoms in total. The van der Waals surface area contributed by atoms with Gasteiger partial charge in [-0.25, -0.2) is 4.31 Å². The fourth-order valence-corrected chi connectivity index (χ4v) is 1.27. The molecule has 6 heteroatoms. The summed E-state index contributed by atoms with van der Waals surface area (Å²) in [6.07, 6.45) is 0. The van der Waals surface area contributed by atoms with E-state index in [0.717, 1.165) is 11.3 Å². The van der Waals surface area contributed by atoms with E-state index in [2.05, 4.69) is 5.43 Å². The third-order valence-electron chi connectivity index (χ3n) is 1.78. The van der Waals surface area contributed by atoms with Gasteiger partial charge in [-0.3, -0.25) is 10.1 Å². The lowest BCUT2D eigenvalue weighted by atomic mass is 10.2. The summed E-state index contributed by atoms with van der Waals surface area (Å²) < 4.78 is 22.3. The maximum Gasteiger partial charge on any atom is 0.0485 e. The lowest BCUT2D eigenvalue weighted by Crippen LogP contribution is -2.19. The molecule has 0 aliphatic carbocycles. The second-order valence-electron chi connectivity index (χ2n) is 2.84. The van der Waals surface area contributed by atoms with Gasteiger partial charge in [-0.05, 0) is 24.7 Å². The minimum Gasteiger partial charge on any atom is -0.760 e. The quantitative estimate of drug-likeness (QED) is 0.426. The summed E-state index contributed by atoms with van der Waals surface area (Å²) in [6, 6.07) is 7.21. The number of nitrogen functional groups attached to an aromatic ring is 1. The fourth-order valence-electron chi connectivity index (χ4n) is 1.02. The van der Waals surface area contributed by atoms with Crippen molar-refractivity contribution in [2.75, 3.05) is 12.5 Å². The molecule has 1 unspecified atom stereocenters. The van der Waals surface area contributed by atoms with Crippen molar-refractivity contribution >= 4 is 17.0 Å². The number of hydrazine groups is 1. The zero-order chi connectivity index (χ0) is 10.6. The third kappa shape index (κ3) is 3.08. The molecule has 0 aliphatic rings. The number of hydrogen-bond donors (Lipinski definition) is 2. The Morgan fingerprint density at radius 3 is 2.50 bits per heavy atom. The van der Waals surface area contributed by atoms with Crippen LogP contribution in [0.5, 0.6) is 0 Å². The van der Waals surface area contributed by atoms with Crippen LogP contribution in [0.15, 0.2) is 24.3 Å². The molecular formula is C8H12N3O2S-. The fraction of sp³-hybridized carbons (Fsp3) is 0.250. The molecule has 0 saturated heterocycles. The van der Waals surface area contributed by atoms with Crippen LogP contribution in [0.1, 0.15) is 5.56 Å². The van der Waals surface area contributed by atoms with E-state index in [1.165, 1.54) is 11.4 Å². The summed E-state index contributed by atoms with van der Waals surface area (Å²) >= 11 is -2.17. The van der Waals surface area contributed by atoms with Gasteiger partial charge >= 0.3 is 0 Å². The lowest BCUT2D eigenvalue weighted by Gasteiger charge is -2.18. The van der Waals surface area contributed by atoms with Gasteiger partial charge in [0.15, 0.2) is 0 Å². The van der Waals surface area contributed by atoms with Crippen LogP contribution in [0, 0.1) is 0 Å². The molecule has 1 atom stereocenters. The summed E-state index contributed by atoms with van der Waals surface area (Å²) in [5.74, 6) is 5.19. The van der Waals surface area contributed by atoms with Crippen LogP contribution in [0.2, 0.25) is 0 Å². The van der Waals surface area contributed by atoms with Gasteiger partial charge in [-0.15, -0.1) is 0 Å². The van der Waals surface area contributed by atoms with Crippen LogP contribution in [0.3, 0.4) is 0 Å². The zero-order valence-corrected chi connectivity index (χ0v) is 8.58. The predicted molar refractivity (Wildman–Crippen MR) is 54.6 cm³/mol. The van der Waals surface area contributed by atoms with Gasteiger partial charge in [0.1, 0.15) is 0 Å². The van der Waals surface area contributed by atoms with Crippen LogP contribution in [0.4, 0.5) is 5.69 Å². The van der Waals surface area contributed by atoms with Crippen LogP contribution in [0.25, 0.3) is 0 Å². The van der Waals surface area contributed by atoms with E-state index in [9.17, 15) is 8.76 Å². The molecule has 0 fully saturated rings. The summed E-state index contributed by atoms with van der Waals surface area (Å²) in [6.45, 7) is 0.362. The maximum absolute atomic E-state index is 10.5. The molecular weight excluding hydrogens is 202 g/mol. The molecule has 14 heavy (non-hydrogen) atoms. The van der Waals surface area contributed by atoms with Crippen LogP contribution < -0.4 is 11.3 Å². The van der Waals surface area contributed by atoms with Crippen molar-refractivity contribution in [3.63, 3.8) is 0 Å². The highest BCUT2D eigenvalue weighted by Crippen LogP contribution is 2.09. The van der Waals surface area contributed by atoms with Gasteiger partial charge in [-0.2, -0.15) is 0 Å².